The number of allylic oxidation sites excluding steroid dienone is 1. The van der Waals surface area contributed by atoms with E-state index < -0.39 is 0 Å². The van der Waals surface area contributed by atoms with Crippen LogP contribution in [0, 0.1) is 5.92 Å². The molecule has 60 heavy (non-hydrogen) atoms. The summed E-state index contributed by atoms with van der Waals surface area (Å²) in [5.74, 6) is 0.556. The molecule has 13 aromatic rings. The van der Waals surface area contributed by atoms with E-state index in [9.17, 15) is 0 Å². The van der Waals surface area contributed by atoms with E-state index >= 15 is 0 Å². The molecule has 0 N–H and O–H groups in total. The molecular formula is C55H34N2S3. The Kier molecular flexibility index (Phi) is 6.82. The first-order chi connectivity index (χ1) is 29.6. The molecule has 2 nitrogen and oxygen atoms in total. The SMILES string of the molecule is CC1C=Cc2c(sc3c2ccc2c3c3cc4c(cc3n2-c2ccc(-c3ccccc3)cc2)sc2cc3c(cc24)c2c4sc5ccccc5c4ccc2n3-c2ccccc2)C1. The molecule has 0 amide bonds. The molecule has 14 rings (SSSR count). The van der Waals surface area contributed by atoms with Crippen LogP contribution in [0.1, 0.15) is 17.4 Å². The minimum atomic E-state index is 0.556. The second-order valence-corrected chi connectivity index (χ2v) is 19.7. The van der Waals surface area contributed by atoms with Crippen LogP contribution in [0.3, 0.4) is 0 Å². The Labute approximate surface area is 357 Å². The van der Waals surface area contributed by atoms with Crippen molar-refractivity contribution in [3.8, 4) is 22.5 Å². The summed E-state index contributed by atoms with van der Waals surface area (Å²) in [6.07, 6.45) is 5.87. The minimum Gasteiger partial charge on any atom is -0.309 e. The molecule has 8 aromatic carbocycles. The van der Waals surface area contributed by atoms with E-state index in [0.717, 1.165) is 6.42 Å². The predicted molar refractivity (Wildman–Crippen MR) is 264 cm³/mol. The first-order valence-corrected chi connectivity index (χ1v) is 23.2. The van der Waals surface area contributed by atoms with E-state index in [1.54, 1.807) is 0 Å². The molecule has 5 heteroatoms. The fourth-order valence-electron chi connectivity index (χ4n) is 10.3. The molecule has 0 radical (unpaired) electrons. The third-order valence-electron chi connectivity index (χ3n) is 13.0. The standard InChI is InChI=1S/C55H34N2S3/c1-31-16-21-37-39-23-25-45-53(55(39)60-49(37)26-31)43-28-41-40-27-42-46(29-50(40)58-51(41)30-47(43)57(45)35-19-17-33(18-20-35)32-10-4-2-5-11-32)56(34-12-6-3-7-13-34)44-24-22-38-36-14-8-9-15-48(36)59-54(38)52(42)44/h2-25,27-31H,26H2,1H3. The molecule has 1 aliphatic rings. The van der Waals surface area contributed by atoms with E-state index in [1.807, 2.05) is 34.0 Å². The lowest BCUT2D eigenvalue weighted by Gasteiger charge is -2.11. The molecule has 0 fully saturated rings. The Morgan fingerprint density at radius 1 is 0.433 bits per heavy atom. The van der Waals surface area contributed by atoms with Gasteiger partial charge in [0.05, 0.1) is 22.1 Å². The fraction of sp³-hybridized carbons (Fsp3) is 0.0545. The second kappa shape index (κ2) is 12.3. The summed E-state index contributed by atoms with van der Waals surface area (Å²) in [4.78, 5) is 1.51. The molecule has 0 saturated carbocycles. The number of para-hydroxylation sites is 1. The van der Waals surface area contributed by atoms with Crippen molar-refractivity contribution in [2.24, 2.45) is 5.92 Å². The third-order valence-corrected chi connectivity index (χ3v) is 16.6. The van der Waals surface area contributed by atoms with Gasteiger partial charge in [0.25, 0.3) is 0 Å². The number of aromatic nitrogens is 2. The lowest BCUT2D eigenvalue weighted by atomic mass is 9.95. The molecule has 5 aromatic heterocycles. The van der Waals surface area contributed by atoms with Gasteiger partial charge in [-0.15, -0.1) is 34.0 Å². The monoisotopic (exact) mass is 818 g/mol. The van der Waals surface area contributed by atoms with Crippen molar-refractivity contribution in [3.05, 3.63) is 174 Å². The first-order valence-electron chi connectivity index (χ1n) is 20.7. The molecule has 282 valence electrons. The van der Waals surface area contributed by atoms with Crippen molar-refractivity contribution in [1.29, 1.82) is 0 Å². The fourth-order valence-corrected chi connectivity index (χ4v) is 14.2. The number of hydrogen-bond donors (Lipinski definition) is 0. The Morgan fingerprint density at radius 2 is 1.02 bits per heavy atom. The maximum absolute atomic E-state index is 2.54. The molecule has 0 aliphatic heterocycles. The highest BCUT2D eigenvalue weighted by molar-refractivity contribution is 7.27. The van der Waals surface area contributed by atoms with Gasteiger partial charge in [-0.3, -0.25) is 0 Å². The van der Waals surface area contributed by atoms with Crippen molar-refractivity contribution < 1.29 is 0 Å². The van der Waals surface area contributed by atoms with Crippen molar-refractivity contribution in [3.63, 3.8) is 0 Å². The Balaban J connectivity index is 1.09. The topological polar surface area (TPSA) is 9.86 Å². The van der Waals surface area contributed by atoms with Gasteiger partial charge in [-0.2, -0.15) is 0 Å². The summed E-state index contributed by atoms with van der Waals surface area (Å²) in [5, 5.41) is 12.1. The quantitative estimate of drug-likeness (QED) is 0.168. The normalized spacial score (nSPS) is 14.4. The summed E-state index contributed by atoms with van der Waals surface area (Å²) in [5.41, 5.74) is 11.3. The van der Waals surface area contributed by atoms with E-state index in [2.05, 4.69) is 186 Å². The summed E-state index contributed by atoms with van der Waals surface area (Å²) >= 11 is 5.86. The Hall–Kier alpha value is -6.50. The van der Waals surface area contributed by atoms with Crippen LogP contribution < -0.4 is 0 Å². The first kappa shape index (κ1) is 33.3. The van der Waals surface area contributed by atoms with Gasteiger partial charge < -0.3 is 9.13 Å². The zero-order valence-corrected chi connectivity index (χ0v) is 35.0. The predicted octanol–water partition coefficient (Wildman–Crippen LogP) is 16.7. The van der Waals surface area contributed by atoms with E-state index in [1.165, 1.54) is 127 Å². The van der Waals surface area contributed by atoms with E-state index in [0.29, 0.717) is 5.92 Å². The van der Waals surface area contributed by atoms with Crippen LogP contribution in [0.25, 0.3) is 123 Å². The highest BCUT2D eigenvalue weighted by Gasteiger charge is 2.24. The third kappa shape index (κ3) is 4.57. The largest absolute Gasteiger partial charge is 0.309 e. The number of benzene rings is 8. The number of nitrogens with zero attached hydrogens (tertiary/aromatic N) is 2. The summed E-state index contributed by atoms with van der Waals surface area (Å²) in [7, 11) is 0. The van der Waals surface area contributed by atoms with Gasteiger partial charge in [0, 0.05) is 88.2 Å². The van der Waals surface area contributed by atoms with Crippen LogP contribution in [0.5, 0.6) is 0 Å². The van der Waals surface area contributed by atoms with Gasteiger partial charge in [-0.25, -0.2) is 0 Å². The summed E-state index contributed by atoms with van der Waals surface area (Å²) < 4.78 is 11.7. The lowest BCUT2D eigenvalue weighted by molar-refractivity contribution is 0.728. The molecular weight excluding hydrogens is 785 g/mol. The maximum atomic E-state index is 2.54. The summed E-state index contributed by atoms with van der Waals surface area (Å²) in [6.45, 7) is 2.34. The molecule has 1 aliphatic carbocycles. The van der Waals surface area contributed by atoms with Crippen molar-refractivity contribution in [1.82, 2.24) is 9.13 Å². The highest BCUT2D eigenvalue weighted by Crippen LogP contribution is 2.49. The molecule has 1 atom stereocenters. The van der Waals surface area contributed by atoms with Crippen LogP contribution in [-0.4, -0.2) is 9.13 Å². The van der Waals surface area contributed by atoms with Crippen molar-refractivity contribution >= 4 is 134 Å². The van der Waals surface area contributed by atoms with E-state index in [4.69, 9.17) is 0 Å². The van der Waals surface area contributed by atoms with Crippen molar-refractivity contribution in [2.45, 2.75) is 13.3 Å². The van der Waals surface area contributed by atoms with Crippen LogP contribution in [0.4, 0.5) is 0 Å². The average molecular weight is 819 g/mol. The second-order valence-electron chi connectivity index (χ2n) is 16.5. The van der Waals surface area contributed by atoms with Gasteiger partial charge in [0.1, 0.15) is 0 Å². The van der Waals surface area contributed by atoms with Gasteiger partial charge in [0.15, 0.2) is 0 Å². The maximum Gasteiger partial charge on any atom is 0.0556 e. The van der Waals surface area contributed by atoms with Gasteiger partial charge in [0.2, 0.25) is 0 Å². The van der Waals surface area contributed by atoms with Gasteiger partial charge in [-0.1, -0.05) is 110 Å². The van der Waals surface area contributed by atoms with Gasteiger partial charge >= 0.3 is 0 Å². The Morgan fingerprint density at radius 3 is 1.72 bits per heavy atom. The zero-order chi connectivity index (χ0) is 39.2. The molecule has 1 unspecified atom stereocenters. The van der Waals surface area contributed by atoms with Crippen LogP contribution in [0.2, 0.25) is 0 Å². The van der Waals surface area contributed by atoms with Gasteiger partial charge in [-0.05, 0) is 95.8 Å². The van der Waals surface area contributed by atoms with Crippen LogP contribution >= 0.6 is 34.0 Å². The Bertz CT molecular complexity index is 3970. The van der Waals surface area contributed by atoms with Crippen molar-refractivity contribution in [2.75, 3.05) is 0 Å². The summed E-state index contributed by atoms with van der Waals surface area (Å²) in [6, 6.07) is 59.1. The molecule has 0 saturated heterocycles. The van der Waals surface area contributed by atoms with Crippen LogP contribution in [-0.2, 0) is 6.42 Å². The molecule has 0 spiro atoms. The number of thiophene rings is 3. The minimum absolute atomic E-state index is 0.556. The highest BCUT2D eigenvalue weighted by atomic mass is 32.1. The van der Waals surface area contributed by atoms with E-state index in [-0.39, 0.29) is 0 Å². The lowest BCUT2D eigenvalue weighted by Crippen LogP contribution is -1.99. The van der Waals surface area contributed by atoms with Crippen LogP contribution in [0.15, 0.2) is 164 Å². The average Bonchev–Trinajstić information content (AvgIpc) is 4.09. The number of fused-ring (bicyclic) bond motifs is 17. The number of hydrogen-bond acceptors (Lipinski definition) is 3. The smallest absolute Gasteiger partial charge is 0.0556 e. The molecule has 5 heterocycles. The number of rotatable bonds is 3. The molecule has 0 bridgehead atoms. The zero-order valence-electron chi connectivity index (χ0n) is 32.6.